The lowest BCUT2D eigenvalue weighted by molar-refractivity contribution is 0.167. The van der Waals surface area contributed by atoms with Gasteiger partial charge in [0.05, 0.1) is 6.10 Å². The molecule has 13 heavy (non-hydrogen) atoms. The molecular formula is C9H15N3O. The average Bonchev–Trinajstić information content (AvgIpc) is 2.19. The fourth-order valence-corrected chi connectivity index (χ4v) is 0.949. The summed E-state index contributed by atoms with van der Waals surface area (Å²) in [6, 6.07) is 0. The van der Waals surface area contributed by atoms with Gasteiger partial charge in [0.1, 0.15) is 6.33 Å². The van der Waals surface area contributed by atoms with Gasteiger partial charge in [-0.15, -0.1) is 0 Å². The Kier molecular flexibility index (Phi) is 4.35. The molecule has 0 radical (unpaired) electrons. The second kappa shape index (κ2) is 5.61. The lowest BCUT2D eigenvalue weighted by Gasteiger charge is -2.08. The van der Waals surface area contributed by atoms with Crippen LogP contribution in [-0.2, 0) is 6.54 Å². The van der Waals surface area contributed by atoms with E-state index in [4.69, 9.17) is 0 Å². The molecule has 0 aliphatic rings. The Morgan fingerprint density at radius 2 is 2.15 bits per heavy atom. The van der Waals surface area contributed by atoms with Crippen LogP contribution in [0.1, 0.15) is 18.9 Å². The van der Waals surface area contributed by atoms with Crippen molar-refractivity contribution >= 4 is 0 Å². The smallest absolute Gasteiger partial charge is 0.115 e. The summed E-state index contributed by atoms with van der Waals surface area (Å²) in [6.07, 6.45) is 5.55. The maximum atomic E-state index is 9.24. The third kappa shape index (κ3) is 3.96. The largest absolute Gasteiger partial charge is 0.392 e. The van der Waals surface area contributed by atoms with E-state index in [-0.39, 0.29) is 6.10 Å². The van der Waals surface area contributed by atoms with Crippen LogP contribution >= 0.6 is 0 Å². The van der Waals surface area contributed by atoms with Crippen molar-refractivity contribution in [3.05, 3.63) is 24.3 Å². The van der Waals surface area contributed by atoms with Crippen molar-refractivity contribution in [3.63, 3.8) is 0 Å². The molecule has 4 nitrogen and oxygen atoms in total. The lowest BCUT2D eigenvalue weighted by atomic mass is 10.2. The summed E-state index contributed by atoms with van der Waals surface area (Å²) in [5.41, 5.74) is 1.03. The van der Waals surface area contributed by atoms with E-state index < -0.39 is 0 Å². The first-order valence-electron chi connectivity index (χ1n) is 4.45. The summed E-state index contributed by atoms with van der Waals surface area (Å²) in [5, 5.41) is 12.4. The third-order valence-electron chi connectivity index (χ3n) is 1.79. The topological polar surface area (TPSA) is 58.0 Å². The van der Waals surface area contributed by atoms with Crippen LogP contribution in [0.3, 0.4) is 0 Å². The first-order valence-corrected chi connectivity index (χ1v) is 4.45. The normalized spacial score (nSPS) is 12.8. The molecular weight excluding hydrogens is 166 g/mol. The molecule has 0 spiro atoms. The van der Waals surface area contributed by atoms with Crippen LogP contribution in [0.5, 0.6) is 0 Å². The third-order valence-corrected chi connectivity index (χ3v) is 1.79. The highest BCUT2D eigenvalue weighted by molar-refractivity contribution is 5.01. The fourth-order valence-electron chi connectivity index (χ4n) is 0.949. The predicted octanol–water partition coefficient (Wildman–Crippen LogP) is 0.337. The molecule has 0 aromatic carbocycles. The Morgan fingerprint density at radius 3 is 2.77 bits per heavy atom. The second-order valence-corrected chi connectivity index (χ2v) is 2.94. The van der Waals surface area contributed by atoms with Crippen LogP contribution in [0.25, 0.3) is 0 Å². The molecule has 1 atom stereocenters. The zero-order valence-corrected chi connectivity index (χ0v) is 7.77. The number of aliphatic hydroxyl groups excluding tert-OH is 1. The van der Waals surface area contributed by atoms with Crippen LogP contribution in [-0.4, -0.2) is 27.7 Å². The molecule has 0 aliphatic heterocycles. The van der Waals surface area contributed by atoms with E-state index >= 15 is 0 Å². The first-order chi connectivity index (χ1) is 6.33. The van der Waals surface area contributed by atoms with Crippen LogP contribution in [0.2, 0.25) is 0 Å². The molecule has 0 saturated heterocycles. The Balaban J connectivity index is 2.20. The summed E-state index contributed by atoms with van der Waals surface area (Å²) in [4.78, 5) is 7.78. The SMILES string of the molecule is CCC(O)CNCc1cncnc1. The molecule has 0 aliphatic carbocycles. The van der Waals surface area contributed by atoms with E-state index in [0.717, 1.165) is 12.0 Å². The Bertz CT molecular complexity index is 228. The molecule has 0 amide bonds. The fraction of sp³-hybridized carbons (Fsp3) is 0.556. The van der Waals surface area contributed by atoms with Gasteiger partial charge in [-0.2, -0.15) is 0 Å². The van der Waals surface area contributed by atoms with Gasteiger partial charge in [0.2, 0.25) is 0 Å². The predicted molar refractivity (Wildman–Crippen MR) is 50.0 cm³/mol. The van der Waals surface area contributed by atoms with Crippen LogP contribution in [0.4, 0.5) is 0 Å². The van der Waals surface area contributed by atoms with Gasteiger partial charge >= 0.3 is 0 Å². The van der Waals surface area contributed by atoms with Crippen molar-refractivity contribution in [2.24, 2.45) is 0 Å². The molecule has 72 valence electrons. The maximum absolute atomic E-state index is 9.24. The quantitative estimate of drug-likeness (QED) is 0.687. The molecule has 0 fully saturated rings. The number of aliphatic hydroxyl groups is 1. The molecule has 2 N–H and O–H groups in total. The van der Waals surface area contributed by atoms with Gasteiger partial charge in [-0.25, -0.2) is 9.97 Å². The molecule has 1 aromatic heterocycles. The molecule has 0 bridgehead atoms. The molecule has 0 saturated carbocycles. The van der Waals surface area contributed by atoms with E-state index in [0.29, 0.717) is 13.1 Å². The van der Waals surface area contributed by atoms with Gasteiger partial charge in [-0.3, -0.25) is 0 Å². The molecule has 1 unspecified atom stereocenters. The molecule has 1 rings (SSSR count). The highest BCUT2D eigenvalue weighted by Gasteiger charge is 1.99. The van der Waals surface area contributed by atoms with Crippen LogP contribution < -0.4 is 5.32 Å². The lowest BCUT2D eigenvalue weighted by Crippen LogP contribution is -2.25. The van der Waals surface area contributed by atoms with Crippen molar-refractivity contribution in [2.45, 2.75) is 26.0 Å². The van der Waals surface area contributed by atoms with Gasteiger partial charge in [-0.1, -0.05) is 6.92 Å². The summed E-state index contributed by atoms with van der Waals surface area (Å²) in [7, 11) is 0. The number of nitrogens with zero attached hydrogens (tertiary/aromatic N) is 2. The number of rotatable bonds is 5. The van der Waals surface area contributed by atoms with E-state index in [1.165, 1.54) is 6.33 Å². The first kappa shape index (κ1) is 10.1. The molecule has 1 heterocycles. The van der Waals surface area contributed by atoms with E-state index in [1.54, 1.807) is 12.4 Å². The highest BCUT2D eigenvalue weighted by atomic mass is 16.3. The monoisotopic (exact) mass is 181 g/mol. The second-order valence-electron chi connectivity index (χ2n) is 2.94. The Hall–Kier alpha value is -1.00. The summed E-state index contributed by atoms with van der Waals surface area (Å²) in [5.74, 6) is 0. The number of nitrogens with one attached hydrogen (secondary N) is 1. The van der Waals surface area contributed by atoms with Gasteiger partial charge < -0.3 is 10.4 Å². The zero-order valence-electron chi connectivity index (χ0n) is 7.77. The van der Waals surface area contributed by atoms with Gasteiger partial charge in [0, 0.05) is 31.0 Å². The van der Waals surface area contributed by atoms with Gasteiger partial charge in [0.15, 0.2) is 0 Å². The minimum Gasteiger partial charge on any atom is -0.392 e. The Morgan fingerprint density at radius 1 is 1.46 bits per heavy atom. The van der Waals surface area contributed by atoms with E-state index in [1.807, 2.05) is 6.92 Å². The van der Waals surface area contributed by atoms with Gasteiger partial charge in [0.25, 0.3) is 0 Å². The minimum absolute atomic E-state index is 0.260. The van der Waals surface area contributed by atoms with E-state index in [2.05, 4.69) is 15.3 Å². The van der Waals surface area contributed by atoms with Crippen molar-refractivity contribution in [3.8, 4) is 0 Å². The minimum atomic E-state index is -0.260. The van der Waals surface area contributed by atoms with Crippen LogP contribution in [0, 0.1) is 0 Å². The van der Waals surface area contributed by atoms with E-state index in [9.17, 15) is 5.11 Å². The summed E-state index contributed by atoms with van der Waals surface area (Å²) < 4.78 is 0. The number of hydrogen-bond donors (Lipinski definition) is 2. The van der Waals surface area contributed by atoms with Crippen molar-refractivity contribution in [1.29, 1.82) is 0 Å². The summed E-state index contributed by atoms with van der Waals surface area (Å²) in [6.45, 7) is 3.28. The molecule has 1 aromatic rings. The van der Waals surface area contributed by atoms with Crippen molar-refractivity contribution in [1.82, 2.24) is 15.3 Å². The van der Waals surface area contributed by atoms with Crippen molar-refractivity contribution < 1.29 is 5.11 Å². The van der Waals surface area contributed by atoms with Crippen LogP contribution in [0.15, 0.2) is 18.7 Å². The standard InChI is InChI=1S/C9H15N3O/c1-2-9(13)6-10-3-8-4-11-7-12-5-8/h4-5,7,9-10,13H,2-3,6H2,1H3. The highest BCUT2D eigenvalue weighted by Crippen LogP contribution is 1.92. The molecule has 4 heteroatoms. The number of aromatic nitrogens is 2. The summed E-state index contributed by atoms with van der Waals surface area (Å²) >= 11 is 0. The average molecular weight is 181 g/mol. The Labute approximate surface area is 78.0 Å². The zero-order chi connectivity index (χ0) is 9.52. The van der Waals surface area contributed by atoms with Gasteiger partial charge in [-0.05, 0) is 6.42 Å². The maximum Gasteiger partial charge on any atom is 0.115 e. The number of hydrogen-bond acceptors (Lipinski definition) is 4. The van der Waals surface area contributed by atoms with Crippen molar-refractivity contribution in [2.75, 3.05) is 6.54 Å².